The molecule has 3 heteroatoms. The topological polar surface area (TPSA) is 41.5 Å². The summed E-state index contributed by atoms with van der Waals surface area (Å²) in [6, 6.07) is 8.08. The lowest BCUT2D eigenvalue weighted by Crippen LogP contribution is -2.27. The van der Waals surface area contributed by atoms with E-state index in [1.165, 1.54) is 5.56 Å². The van der Waals surface area contributed by atoms with Gasteiger partial charge in [-0.3, -0.25) is 0 Å². The molecule has 0 saturated heterocycles. The molecule has 1 unspecified atom stereocenters. The molecule has 0 bridgehead atoms. The Morgan fingerprint density at radius 1 is 1.21 bits per heavy atom. The van der Waals surface area contributed by atoms with Gasteiger partial charge in [0.05, 0.1) is 12.2 Å². The highest BCUT2D eigenvalue weighted by molar-refractivity contribution is 5.28. The molecule has 0 saturated carbocycles. The van der Waals surface area contributed by atoms with Crippen molar-refractivity contribution in [1.29, 1.82) is 0 Å². The molecule has 1 rings (SSSR count). The van der Waals surface area contributed by atoms with Gasteiger partial charge < -0.3 is 15.2 Å². The molecule has 108 valence electrons. The van der Waals surface area contributed by atoms with Crippen molar-refractivity contribution in [2.75, 3.05) is 6.54 Å². The van der Waals surface area contributed by atoms with Gasteiger partial charge in [-0.15, -0.1) is 0 Å². The number of benzene rings is 1. The molecule has 0 spiro atoms. The molecule has 1 atom stereocenters. The molecular formula is C16H27NO2. The Hall–Kier alpha value is -1.06. The third kappa shape index (κ3) is 7.19. The second kappa shape index (κ2) is 8.18. The average Bonchev–Trinajstić information content (AvgIpc) is 2.27. The van der Waals surface area contributed by atoms with E-state index >= 15 is 0 Å². The van der Waals surface area contributed by atoms with Crippen LogP contribution in [0.1, 0.15) is 39.7 Å². The molecule has 1 aromatic rings. The number of hydrogen-bond acceptors (Lipinski definition) is 3. The zero-order chi connectivity index (χ0) is 14.3. The van der Waals surface area contributed by atoms with E-state index in [-0.39, 0.29) is 12.2 Å². The lowest BCUT2D eigenvalue weighted by atomic mass is 10.1. The Balaban J connectivity index is 2.36. The molecule has 0 aliphatic carbocycles. The largest absolute Gasteiger partial charge is 0.491 e. The van der Waals surface area contributed by atoms with Gasteiger partial charge in [-0.1, -0.05) is 26.0 Å². The molecule has 0 radical (unpaired) electrons. The van der Waals surface area contributed by atoms with Crippen LogP contribution in [0.2, 0.25) is 0 Å². The van der Waals surface area contributed by atoms with Gasteiger partial charge in [0.15, 0.2) is 0 Å². The zero-order valence-electron chi connectivity index (χ0n) is 12.5. The first kappa shape index (κ1) is 16.0. The molecule has 1 aromatic carbocycles. The SMILES string of the molecule is CC(C)CC(O)CNCc1cccc(OC(C)C)c1. The summed E-state index contributed by atoms with van der Waals surface area (Å²) in [6.07, 6.45) is 0.759. The van der Waals surface area contributed by atoms with Crippen LogP contribution in [0.5, 0.6) is 5.75 Å². The highest BCUT2D eigenvalue weighted by Crippen LogP contribution is 2.14. The standard InChI is InChI=1S/C16H27NO2/c1-12(2)8-15(18)11-17-10-14-6-5-7-16(9-14)19-13(3)4/h5-7,9,12-13,15,17-18H,8,10-11H2,1-4H3. The van der Waals surface area contributed by atoms with Crippen molar-refractivity contribution in [3.8, 4) is 5.75 Å². The van der Waals surface area contributed by atoms with Crippen LogP contribution in [0.15, 0.2) is 24.3 Å². The number of hydrogen-bond donors (Lipinski definition) is 2. The van der Waals surface area contributed by atoms with E-state index in [9.17, 15) is 5.11 Å². The first-order valence-electron chi connectivity index (χ1n) is 7.11. The van der Waals surface area contributed by atoms with Gasteiger partial charge in [0.25, 0.3) is 0 Å². The van der Waals surface area contributed by atoms with Crippen LogP contribution in [0.4, 0.5) is 0 Å². The van der Waals surface area contributed by atoms with E-state index in [1.54, 1.807) is 0 Å². The predicted octanol–water partition coefficient (Wildman–Crippen LogP) is 2.97. The lowest BCUT2D eigenvalue weighted by Gasteiger charge is -2.14. The number of ether oxygens (including phenoxy) is 1. The molecular weight excluding hydrogens is 238 g/mol. The van der Waals surface area contributed by atoms with E-state index in [2.05, 4.69) is 25.2 Å². The molecule has 19 heavy (non-hydrogen) atoms. The number of aliphatic hydroxyl groups is 1. The fourth-order valence-electron chi connectivity index (χ4n) is 2.01. The highest BCUT2D eigenvalue weighted by Gasteiger charge is 2.06. The second-order valence-electron chi connectivity index (χ2n) is 5.73. The summed E-state index contributed by atoms with van der Waals surface area (Å²) in [5, 5.41) is 13.1. The molecule has 0 fully saturated rings. The Morgan fingerprint density at radius 3 is 2.58 bits per heavy atom. The first-order valence-corrected chi connectivity index (χ1v) is 7.11. The minimum absolute atomic E-state index is 0.191. The van der Waals surface area contributed by atoms with E-state index < -0.39 is 0 Å². The minimum atomic E-state index is -0.268. The van der Waals surface area contributed by atoms with Crippen LogP contribution in [0.25, 0.3) is 0 Å². The van der Waals surface area contributed by atoms with Gasteiger partial charge in [-0.25, -0.2) is 0 Å². The van der Waals surface area contributed by atoms with Gasteiger partial charge in [0, 0.05) is 13.1 Å². The summed E-state index contributed by atoms with van der Waals surface area (Å²) in [4.78, 5) is 0. The number of aliphatic hydroxyl groups excluding tert-OH is 1. The molecule has 2 N–H and O–H groups in total. The Morgan fingerprint density at radius 2 is 1.95 bits per heavy atom. The van der Waals surface area contributed by atoms with E-state index in [0.717, 1.165) is 18.7 Å². The highest BCUT2D eigenvalue weighted by atomic mass is 16.5. The van der Waals surface area contributed by atoms with Crippen LogP contribution in [-0.2, 0) is 6.54 Å². The van der Waals surface area contributed by atoms with Crippen molar-refractivity contribution in [2.45, 2.75) is 52.9 Å². The van der Waals surface area contributed by atoms with Crippen LogP contribution < -0.4 is 10.1 Å². The number of nitrogens with one attached hydrogen (secondary N) is 1. The Labute approximate surface area is 117 Å². The quantitative estimate of drug-likeness (QED) is 0.759. The smallest absolute Gasteiger partial charge is 0.120 e. The summed E-state index contributed by atoms with van der Waals surface area (Å²) < 4.78 is 5.66. The third-order valence-electron chi connectivity index (χ3n) is 2.72. The van der Waals surface area contributed by atoms with E-state index in [4.69, 9.17) is 4.74 Å². The molecule has 0 amide bonds. The van der Waals surface area contributed by atoms with Gasteiger partial charge in [0.2, 0.25) is 0 Å². The molecule has 0 aliphatic heterocycles. The fourth-order valence-corrected chi connectivity index (χ4v) is 2.01. The van der Waals surface area contributed by atoms with Crippen molar-refractivity contribution in [2.24, 2.45) is 5.92 Å². The zero-order valence-corrected chi connectivity index (χ0v) is 12.5. The predicted molar refractivity (Wildman–Crippen MR) is 79.4 cm³/mol. The van der Waals surface area contributed by atoms with Crippen molar-refractivity contribution >= 4 is 0 Å². The molecule has 0 heterocycles. The van der Waals surface area contributed by atoms with Gasteiger partial charge >= 0.3 is 0 Å². The van der Waals surface area contributed by atoms with Crippen LogP contribution in [0, 0.1) is 5.92 Å². The summed E-state index contributed by atoms with van der Waals surface area (Å²) in [7, 11) is 0. The second-order valence-corrected chi connectivity index (χ2v) is 5.73. The normalized spacial score (nSPS) is 13.0. The van der Waals surface area contributed by atoms with Crippen molar-refractivity contribution < 1.29 is 9.84 Å². The van der Waals surface area contributed by atoms with Crippen molar-refractivity contribution in [3.63, 3.8) is 0 Å². The van der Waals surface area contributed by atoms with Gasteiger partial charge in [-0.2, -0.15) is 0 Å². The van der Waals surface area contributed by atoms with Crippen molar-refractivity contribution in [3.05, 3.63) is 29.8 Å². The Kier molecular flexibility index (Phi) is 6.89. The maximum Gasteiger partial charge on any atom is 0.120 e. The van der Waals surface area contributed by atoms with Crippen LogP contribution in [-0.4, -0.2) is 23.9 Å². The number of rotatable bonds is 8. The molecule has 0 aliphatic rings. The monoisotopic (exact) mass is 265 g/mol. The van der Waals surface area contributed by atoms with Gasteiger partial charge in [-0.05, 0) is 43.9 Å². The Bertz CT molecular complexity index is 364. The maximum absolute atomic E-state index is 9.78. The molecule has 0 aromatic heterocycles. The van der Waals surface area contributed by atoms with Gasteiger partial charge in [0.1, 0.15) is 5.75 Å². The first-order chi connectivity index (χ1) is 8.97. The van der Waals surface area contributed by atoms with Crippen LogP contribution in [0.3, 0.4) is 0 Å². The summed E-state index contributed by atoms with van der Waals surface area (Å²) >= 11 is 0. The van der Waals surface area contributed by atoms with Crippen LogP contribution >= 0.6 is 0 Å². The average molecular weight is 265 g/mol. The summed E-state index contributed by atoms with van der Waals surface area (Å²) in [6.45, 7) is 9.67. The fraction of sp³-hybridized carbons (Fsp3) is 0.625. The maximum atomic E-state index is 9.78. The third-order valence-corrected chi connectivity index (χ3v) is 2.72. The molecule has 3 nitrogen and oxygen atoms in total. The summed E-state index contributed by atoms with van der Waals surface area (Å²) in [5.74, 6) is 1.43. The summed E-state index contributed by atoms with van der Waals surface area (Å²) in [5.41, 5.74) is 1.18. The van der Waals surface area contributed by atoms with E-state index in [1.807, 2.05) is 32.0 Å². The minimum Gasteiger partial charge on any atom is -0.491 e. The van der Waals surface area contributed by atoms with E-state index in [0.29, 0.717) is 12.5 Å². The lowest BCUT2D eigenvalue weighted by molar-refractivity contribution is 0.146. The van der Waals surface area contributed by atoms with Crippen molar-refractivity contribution in [1.82, 2.24) is 5.32 Å².